The molecule has 2 nitrogen and oxygen atoms in total. The maximum atomic E-state index is 3.82. The van der Waals surface area contributed by atoms with E-state index in [2.05, 4.69) is 103 Å². The zero-order valence-corrected chi connectivity index (χ0v) is 33.3. The van der Waals surface area contributed by atoms with Crippen LogP contribution in [0.5, 0.6) is 0 Å². The van der Waals surface area contributed by atoms with Gasteiger partial charge in [0.25, 0.3) is 5.82 Å². The molecule has 0 spiro atoms. The summed E-state index contributed by atoms with van der Waals surface area (Å²) in [6.07, 6.45) is 41.9. The fraction of sp³-hybridized carbons (Fsp3) is 0.688. The molecule has 0 amide bonds. The number of nitrogens with zero attached hydrogens (tertiary/aromatic N) is 1. The lowest BCUT2D eigenvalue weighted by Gasteiger charge is -2.37. The topological polar surface area (TPSA) is 19.7 Å². The van der Waals surface area contributed by atoms with Gasteiger partial charge in [-0.15, -0.1) is 0 Å². The number of hydrogen-bond donors (Lipinski definition) is 1. The van der Waals surface area contributed by atoms with Crippen LogP contribution in [-0.2, 0) is 18.4 Å². The number of aromatic amines is 1. The first-order valence-corrected chi connectivity index (χ1v) is 21.8. The fourth-order valence-electron chi connectivity index (χ4n) is 8.38. The SMILES string of the molecule is CCCCCCCCCCCCCCCCCC(c1[nH]cc[n+]1CCCCCCCCCCCC)C(C)(Cc1ccccc1)c1ccccc1. The van der Waals surface area contributed by atoms with E-state index in [4.69, 9.17) is 0 Å². The third-order valence-corrected chi connectivity index (χ3v) is 11.6. The molecule has 0 saturated heterocycles. The van der Waals surface area contributed by atoms with Crippen LogP contribution >= 0.6 is 0 Å². The average molecular weight is 684 g/mol. The van der Waals surface area contributed by atoms with Crippen LogP contribution in [0.2, 0.25) is 0 Å². The van der Waals surface area contributed by atoms with Crippen LogP contribution in [0.25, 0.3) is 0 Å². The van der Waals surface area contributed by atoms with Gasteiger partial charge < -0.3 is 0 Å². The average Bonchev–Trinajstić information content (AvgIpc) is 3.60. The second-order valence-corrected chi connectivity index (χ2v) is 16.0. The first-order chi connectivity index (χ1) is 24.7. The number of benzene rings is 2. The van der Waals surface area contributed by atoms with E-state index in [0.717, 1.165) is 13.0 Å². The summed E-state index contributed by atoms with van der Waals surface area (Å²) in [5.74, 6) is 1.87. The van der Waals surface area contributed by atoms with Crippen LogP contribution in [0.3, 0.4) is 0 Å². The van der Waals surface area contributed by atoms with Crippen molar-refractivity contribution in [2.75, 3.05) is 0 Å². The van der Waals surface area contributed by atoms with Crippen molar-refractivity contribution in [2.24, 2.45) is 0 Å². The van der Waals surface area contributed by atoms with Gasteiger partial charge in [-0.3, -0.25) is 0 Å². The maximum absolute atomic E-state index is 3.82. The molecule has 0 saturated carbocycles. The van der Waals surface area contributed by atoms with Crippen LogP contribution in [-0.4, -0.2) is 4.98 Å². The Morgan fingerprint density at radius 1 is 0.520 bits per heavy atom. The third-order valence-electron chi connectivity index (χ3n) is 11.6. The van der Waals surface area contributed by atoms with Gasteiger partial charge in [0.2, 0.25) is 0 Å². The summed E-state index contributed by atoms with van der Waals surface area (Å²) in [6, 6.07) is 22.7. The van der Waals surface area contributed by atoms with Crippen molar-refractivity contribution in [3.63, 3.8) is 0 Å². The molecular formula is C48H79N2+. The molecule has 2 heteroatoms. The van der Waals surface area contributed by atoms with Gasteiger partial charge in [0.15, 0.2) is 0 Å². The van der Waals surface area contributed by atoms with E-state index in [1.54, 1.807) is 0 Å². The predicted octanol–water partition coefficient (Wildman–Crippen LogP) is 14.8. The summed E-state index contributed by atoms with van der Waals surface area (Å²) < 4.78 is 2.59. The zero-order valence-electron chi connectivity index (χ0n) is 33.3. The highest BCUT2D eigenvalue weighted by Crippen LogP contribution is 2.43. The third kappa shape index (κ3) is 16.8. The normalized spacial score (nSPS) is 13.4. The molecular weight excluding hydrogens is 605 g/mol. The van der Waals surface area contributed by atoms with Crippen LogP contribution < -0.4 is 4.57 Å². The lowest BCUT2D eigenvalue weighted by atomic mass is 9.66. The van der Waals surface area contributed by atoms with Gasteiger partial charge >= 0.3 is 0 Å². The Kier molecular flexibility index (Phi) is 23.0. The Labute approximate surface area is 310 Å². The van der Waals surface area contributed by atoms with Gasteiger partial charge in [-0.2, -0.15) is 0 Å². The van der Waals surface area contributed by atoms with Crippen LogP contribution in [0.4, 0.5) is 0 Å². The highest BCUT2D eigenvalue weighted by Gasteiger charge is 2.41. The van der Waals surface area contributed by atoms with E-state index < -0.39 is 0 Å². The summed E-state index contributed by atoms with van der Waals surface area (Å²) in [5, 5.41) is 0. The molecule has 1 N–H and O–H groups in total. The quantitative estimate of drug-likeness (QED) is 0.0499. The van der Waals surface area contributed by atoms with Crippen molar-refractivity contribution in [1.82, 2.24) is 4.98 Å². The minimum Gasteiger partial charge on any atom is -0.247 e. The number of aromatic nitrogens is 2. The monoisotopic (exact) mass is 684 g/mol. The second kappa shape index (κ2) is 27.3. The molecule has 1 heterocycles. The predicted molar refractivity (Wildman–Crippen MR) is 219 cm³/mol. The summed E-state index contributed by atoms with van der Waals surface area (Å²) in [6.45, 7) is 8.30. The molecule has 0 aliphatic heterocycles. The molecule has 0 aliphatic rings. The standard InChI is InChI=1S/C48H78N2/c1-4-6-8-10-12-14-16-17-18-19-20-21-23-25-33-39-46(48(3,45-37-31-28-32-38-45)43-44-35-29-27-30-36-44)47-49-40-42-50(47)41-34-26-24-22-15-13-11-9-7-5-2/h27-32,35-38,40,42,46H,4-26,33-34,39,41,43H2,1-3H3/p+1. The summed E-state index contributed by atoms with van der Waals surface area (Å²) >= 11 is 0. The van der Waals surface area contributed by atoms with Crippen molar-refractivity contribution in [2.45, 2.75) is 212 Å². The van der Waals surface area contributed by atoms with E-state index in [9.17, 15) is 0 Å². The Morgan fingerprint density at radius 3 is 1.42 bits per heavy atom. The Balaban J connectivity index is 1.55. The number of unbranched alkanes of at least 4 members (excludes halogenated alkanes) is 23. The minimum atomic E-state index is 0.00297. The molecule has 2 atom stereocenters. The number of rotatable bonds is 32. The number of H-pyrrole nitrogens is 1. The zero-order chi connectivity index (χ0) is 35.4. The van der Waals surface area contributed by atoms with Crippen LogP contribution in [0.1, 0.15) is 211 Å². The molecule has 280 valence electrons. The van der Waals surface area contributed by atoms with Gasteiger partial charge in [0.1, 0.15) is 12.4 Å². The van der Waals surface area contributed by atoms with Gasteiger partial charge in [-0.1, -0.05) is 229 Å². The molecule has 3 aromatic rings. The molecule has 0 fully saturated rings. The van der Waals surface area contributed by atoms with Gasteiger partial charge in [-0.25, -0.2) is 9.55 Å². The Hall–Kier alpha value is -2.35. The Morgan fingerprint density at radius 2 is 0.940 bits per heavy atom. The van der Waals surface area contributed by atoms with Crippen molar-refractivity contribution in [3.8, 4) is 0 Å². The van der Waals surface area contributed by atoms with E-state index in [0.29, 0.717) is 5.92 Å². The van der Waals surface area contributed by atoms with Crippen molar-refractivity contribution in [1.29, 1.82) is 0 Å². The number of nitrogens with one attached hydrogen (secondary N) is 1. The fourth-order valence-corrected chi connectivity index (χ4v) is 8.38. The lowest BCUT2D eigenvalue weighted by molar-refractivity contribution is -0.705. The number of hydrogen-bond acceptors (Lipinski definition) is 0. The first kappa shape index (κ1) is 42.1. The van der Waals surface area contributed by atoms with Gasteiger partial charge in [-0.05, 0) is 36.8 Å². The van der Waals surface area contributed by atoms with E-state index >= 15 is 0 Å². The Bertz CT molecular complexity index is 1170. The summed E-state index contributed by atoms with van der Waals surface area (Å²) in [7, 11) is 0. The van der Waals surface area contributed by atoms with Gasteiger partial charge in [0.05, 0.1) is 12.5 Å². The lowest BCUT2D eigenvalue weighted by Crippen LogP contribution is -2.43. The van der Waals surface area contributed by atoms with E-state index in [1.165, 1.54) is 184 Å². The second-order valence-electron chi connectivity index (χ2n) is 16.0. The van der Waals surface area contributed by atoms with Crippen LogP contribution in [0.15, 0.2) is 73.1 Å². The van der Waals surface area contributed by atoms with E-state index in [1.807, 2.05) is 0 Å². The molecule has 2 unspecified atom stereocenters. The minimum absolute atomic E-state index is 0.00297. The highest BCUT2D eigenvalue weighted by molar-refractivity contribution is 5.32. The smallest absolute Gasteiger partial charge is 0.247 e. The molecule has 0 bridgehead atoms. The molecule has 3 rings (SSSR count). The summed E-state index contributed by atoms with van der Waals surface area (Å²) in [5.41, 5.74) is 2.91. The van der Waals surface area contributed by atoms with E-state index in [-0.39, 0.29) is 5.41 Å². The first-order valence-electron chi connectivity index (χ1n) is 21.8. The summed E-state index contributed by atoms with van der Waals surface area (Å²) in [4.78, 5) is 3.82. The molecule has 50 heavy (non-hydrogen) atoms. The molecule has 0 radical (unpaired) electrons. The number of imidazole rings is 1. The molecule has 0 aliphatic carbocycles. The van der Waals surface area contributed by atoms with Crippen LogP contribution in [0, 0.1) is 0 Å². The van der Waals surface area contributed by atoms with Crippen molar-refractivity contribution >= 4 is 0 Å². The largest absolute Gasteiger partial charge is 0.258 e. The molecule has 2 aromatic carbocycles. The van der Waals surface area contributed by atoms with Crippen molar-refractivity contribution in [3.05, 3.63) is 90.0 Å². The molecule has 1 aromatic heterocycles. The highest BCUT2D eigenvalue weighted by atomic mass is 15.1. The maximum Gasteiger partial charge on any atom is 0.258 e. The van der Waals surface area contributed by atoms with Crippen molar-refractivity contribution < 1.29 is 4.57 Å². The van der Waals surface area contributed by atoms with Gasteiger partial charge in [0, 0.05) is 5.41 Å². The number of aryl methyl sites for hydroxylation is 1.